The molecule has 1 aromatic heterocycles. The zero-order valence-electron chi connectivity index (χ0n) is 8.19. The van der Waals surface area contributed by atoms with Gasteiger partial charge in [0.2, 0.25) is 0 Å². The molecule has 0 saturated carbocycles. The fraction of sp³-hybridized carbons (Fsp3) is 0.556. The monoisotopic (exact) mass is 231 g/mol. The van der Waals surface area contributed by atoms with Crippen LogP contribution >= 0.6 is 23.1 Å². The summed E-state index contributed by atoms with van der Waals surface area (Å²) in [6, 6.07) is 0. The topological polar surface area (TPSA) is 50.2 Å². The summed E-state index contributed by atoms with van der Waals surface area (Å²) in [6.07, 6.45) is 2.42. The van der Waals surface area contributed by atoms with Gasteiger partial charge >= 0.3 is 5.97 Å². The molecule has 1 rings (SSSR count). The van der Waals surface area contributed by atoms with E-state index in [2.05, 4.69) is 4.98 Å². The molecule has 5 heteroatoms. The number of hydrogen-bond donors (Lipinski definition) is 1. The summed E-state index contributed by atoms with van der Waals surface area (Å²) < 4.78 is 1.01. The van der Waals surface area contributed by atoms with Gasteiger partial charge in [-0.25, -0.2) is 4.98 Å². The fourth-order valence-electron chi connectivity index (χ4n) is 0.782. The van der Waals surface area contributed by atoms with Gasteiger partial charge in [-0.15, -0.1) is 11.3 Å². The van der Waals surface area contributed by atoms with E-state index in [0.29, 0.717) is 6.42 Å². The first-order chi connectivity index (χ1) is 6.52. The molecule has 0 aliphatic heterocycles. The van der Waals surface area contributed by atoms with Crippen LogP contribution in [0.4, 0.5) is 0 Å². The van der Waals surface area contributed by atoms with Crippen molar-refractivity contribution in [3.05, 3.63) is 11.6 Å². The van der Waals surface area contributed by atoms with Crippen LogP contribution in [-0.4, -0.2) is 21.8 Å². The quantitative estimate of drug-likeness (QED) is 0.792. The lowest BCUT2D eigenvalue weighted by atomic mass is 9.91. The van der Waals surface area contributed by atoms with Crippen molar-refractivity contribution in [2.24, 2.45) is 5.41 Å². The smallest absolute Gasteiger partial charge is 0.309 e. The van der Waals surface area contributed by atoms with E-state index in [4.69, 9.17) is 5.11 Å². The number of carboxylic acid groups (broad SMARTS) is 1. The Kier molecular flexibility index (Phi) is 3.95. The van der Waals surface area contributed by atoms with E-state index >= 15 is 0 Å². The molecule has 0 atom stereocenters. The van der Waals surface area contributed by atoms with Gasteiger partial charge in [-0.2, -0.15) is 0 Å². The summed E-state index contributed by atoms with van der Waals surface area (Å²) in [5.74, 6) is 0.0598. The van der Waals surface area contributed by atoms with Gasteiger partial charge in [-0.05, 0) is 20.3 Å². The summed E-state index contributed by atoms with van der Waals surface area (Å²) in [5.41, 5.74) is -0.635. The van der Waals surface area contributed by atoms with E-state index in [0.717, 1.165) is 10.1 Å². The average molecular weight is 231 g/mol. The maximum atomic E-state index is 10.8. The normalized spacial score (nSPS) is 11.6. The third-order valence-electron chi connectivity index (χ3n) is 1.94. The Balaban J connectivity index is 2.31. The second-order valence-corrected chi connectivity index (χ2v) is 5.82. The molecular formula is C9H13NO2S2. The molecule has 0 amide bonds. The largest absolute Gasteiger partial charge is 0.481 e. The third-order valence-corrected chi connectivity index (χ3v) is 3.91. The molecule has 1 N–H and O–H groups in total. The Morgan fingerprint density at radius 2 is 2.43 bits per heavy atom. The zero-order chi connectivity index (χ0) is 10.6. The summed E-state index contributed by atoms with van der Waals surface area (Å²) in [4.78, 5) is 14.9. The molecule has 0 unspecified atom stereocenters. The van der Waals surface area contributed by atoms with Crippen LogP contribution in [0.1, 0.15) is 20.3 Å². The van der Waals surface area contributed by atoms with Crippen LogP contribution in [0.25, 0.3) is 0 Å². The molecule has 0 aliphatic carbocycles. The molecule has 0 aromatic carbocycles. The molecule has 0 aliphatic rings. The average Bonchev–Trinajstić information content (AvgIpc) is 2.56. The maximum Gasteiger partial charge on any atom is 0.309 e. The number of thiazole rings is 1. The number of carbonyl (C=O) groups is 1. The van der Waals surface area contributed by atoms with Crippen LogP contribution in [0.2, 0.25) is 0 Å². The van der Waals surface area contributed by atoms with E-state index < -0.39 is 11.4 Å². The van der Waals surface area contributed by atoms with Crippen molar-refractivity contribution in [2.75, 3.05) is 5.75 Å². The van der Waals surface area contributed by atoms with Crippen LogP contribution in [0, 0.1) is 5.41 Å². The van der Waals surface area contributed by atoms with Crippen molar-refractivity contribution >= 4 is 29.1 Å². The van der Waals surface area contributed by atoms with Crippen LogP contribution in [0.3, 0.4) is 0 Å². The van der Waals surface area contributed by atoms with Crippen LogP contribution < -0.4 is 0 Å². The minimum absolute atomic E-state index is 0.635. The van der Waals surface area contributed by atoms with Crippen LogP contribution in [0.5, 0.6) is 0 Å². The predicted molar refractivity (Wildman–Crippen MR) is 58.9 cm³/mol. The number of aliphatic carboxylic acids is 1. The van der Waals surface area contributed by atoms with E-state index in [9.17, 15) is 4.79 Å². The van der Waals surface area contributed by atoms with Gasteiger partial charge in [-0.1, -0.05) is 11.8 Å². The van der Waals surface area contributed by atoms with E-state index in [1.54, 1.807) is 43.1 Å². The molecular weight excluding hydrogens is 218 g/mol. The first kappa shape index (κ1) is 11.5. The number of aromatic nitrogens is 1. The van der Waals surface area contributed by atoms with Gasteiger partial charge < -0.3 is 5.11 Å². The molecule has 0 saturated heterocycles. The number of thioether (sulfide) groups is 1. The van der Waals surface area contributed by atoms with Crippen molar-refractivity contribution in [1.29, 1.82) is 0 Å². The summed E-state index contributed by atoms with van der Waals surface area (Å²) >= 11 is 3.20. The molecule has 1 heterocycles. The number of rotatable bonds is 5. The lowest BCUT2D eigenvalue weighted by Gasteiger charge is -2.17. The molecule has 14 heavy (non-hydrogen) atoms. The summed E-state index contributed by atoms with van der Waals surface area (Å²) in [7, 11) is 0. The molecule has 0 bridgehead atoms. The lowest BCUT2D eigenvalue weighted by molar-refractivity contribution is -0.146. The van der Waals surface area contributed by atoms with Gasteiger partial charge in [0.15, 0.2) is 0 Å². The molecule has 1 aromatic rings. The Hall–Kier alpha value is -0.550. The highest BCUT2D eigenvalue weighted by Gasteiger charge is 2.26. The maximum absolute atomic E-state index is 10.8. The molecule has 0 radical (unpaired) electrons. The second-order valence-electron chi connectivity index (χ2n) is 3.59. The Labute approximate surface area is 91.6 Å². The Morgan fingerprint density at radius 1 is 1.71 bits per heavy atom. The summed E-state index contributed by atoms with van der Waals surface area (Å²) in [6.45, 7) is 3.50. The van der Waals surface area contributed by atoms with E-state index in [1.807, 2.05) is 5.38 Å². The van der Waals surface area contributed by atoms with Crippen molar-refractivity contribution in [3.63, 3.8) is 0 Å². The Morgan fingerprint density at radius 3 is 2.93 bits per heavy atom. The van der Waals surface area contributed by atoms with Crippen LogP contribution in [0.15, 0.2) is 15.9 Å². The second kappa shape index (κ2) is 4.79. The summed E-state index contributed by atoms with van der Waals surface area (Å²) in [5, 5.41) is 10.8. The van der Waals surface area contributed by atoms with Gasteiger partial charge in [0, 0.05) is 17.3 Å². The minimum atomic E-state index is -0.739. The van der Waals surface area contributed by atoms with Gasteiger partial charge in [-0.3, -0.25) is 4.79 Å². The van der Waals surface area contributed by atoms with Crippen molar-refractivity contribution in [3.8, 4) is 0 Å². The van der Waals surface area contributed by atoms with Gasteiger partial charge in [0.25, 0.3) is 0 Å². The standard InChI is InChI=1S/C9H13NO2S2/c1-9(2,7(11)12)3-5-13-8-10-4-6-14-8/h4,6H,3,5H2,1-2H3,(H,11,12). The highest BCUT2D eigenvalue weighted by molar-refractivity contribution is 8.00. The molecule has 0 fully saturated rings. The number of hydrogen-bond acceptors (Lipinski definition) is 4. The number of nitrogens with zero attached hydrogens (tertiary/aromatic N) is 1. The third kappa shape index (κ3) is 3.31. The van der Waals surface area contributed by atoms with Gasteiger partial charge in [0.05, 0.1) is 5.41 Å². The highest BCUT2D eigenvalue weighted by Crippen LogP contribution is 2.27. The number of carboxylic acids is 1. The lowest BCUT2D eigenvalue weighted by Crippen LogP contribution is -2.24. The van der Waals surface area contributed by atoms with E-state index in [1.165, 1.54) is 0 Å². The predicted octanol–water partition coefficient (Wildman–Crippen LogP) is 2.74. The van der Waals surface area contributed by atoms with Crippen molar-refractivity contribution < 1.29 is 9.90 Å². The molecule has 78 valence electrons. The first-order valence-corrected chi connectivity index (χ1v) is 6.14. The zero-order valence-corrected chi connectivity index (χ0v) is 9.82. The van der Waals surface area contributed by atoms with Crippen molar-refractivity contribution in [1.82, 2.24) is 4.98 Å². The van der Waals surface area contributed by atoms with E-state index in [-0.39, 0.29) is 0 Å². The fourth-order valence-corrected chi connectivity index (χ4v) is 2.75. The van der Waals surface area contributed by atoms with Gasteiger partial charge in [0.1, 0.15) is 4.34 Å². The molecule has 3 nitrogen and oxygen atoms in total. The SMILES string of the molecule is CC(C)(CCSc1nccs1)C(=O)O. The minimum Gasteiger partial charge on any atom is -0.481 e. The van der Waals surface area contributed by atoms with Crippen molar-refractivity contribution in [2.45, 2.75) is 24.6 Å². The molecule has 0 spiro atoms. The highest BCUT2D eigenvalue weighted by atomic mass is 32.2. The van der Waals surface area contributed by atoms with Crippen LogP contribution in [-0.2, 0) is 4.79 Å². The first-order valence-electron chi connectivity index (χ1n) is 4.28. The Bertz CT molecular complexity index is 296.